The van der Waals surface area contributed by atoms with Crippen molar-refractivity contribution < 1.29 is 14.3 Å². The number of rotatable bonds is 3. The molecule has 134 valence electrons. The predicted octanol–water partition coefficient (Wildman–Crippen LogP) is 3.14. The summed E-state index contributed by atoms with van der Waals surface area (Å²) >= 11 is 6.17. The second-order valence-electron chi connectivity index (χ2n) is 6.06. The van der Waals surface area contributed by atoms with Crippen molar-refractivity contribution in [2.24, 2.45) is 0 Å². The predicted molar refractivity (Wildman–Crippen MR) is 98.9 cm³/mol. The first-order chi connectivity index (χ1) is 12.7. The number of carbonyl (C=O) groups is 1. The molecule has 0 bridgehead atoms. The van der Waals surface area contributed by atoms with Crippen LogP contribution >= 0.6 is 11.6 Å². The van der Waals surface area contributed by atoms with Crippen molar-refractivity contribution >= 4 is 23.0 Å². The fourth-order valence-corrected chi connectivity index (χ4v) is 3.34. The Morgan fingerprint density at radius 1 is 1.19 bits per heavy atom. The molecule has 0 aliphatic carbocycles. The van der Waals surface area contributed by atoms with Crippen molar-refractivity contribution in [3.8, 4) is 16.9 Å². The standard InChI is InChI=1S/C19H18ClN3O3/c1-25-17-10-15(12-23-18(17)16(20)11-21-23)13-2-4-14(5-3-13)19(24)22-6-8-26-9-7-22/h2-5,10-12H,6-9H2,1H3. The van der Waals surface area contributed by atoms with Gasteiger partial charge in [0.15, 0.2) is 0 Å². The molecule has 0 unspecified atom stereocenters. The van der Waals surface area contributed by atoms with Gasteiger partial charge < -0.3 is 14.4 Å². The van der Waals surface area contributed by atoms with Crippen LogP contribution in [0.15, 0.2) is 42.7 Å². The van der Waals surface area contributed by atoms with Gasteiger partial charge in [-0.3, -0.25) is 4.79 Å². The van der Waals surface area contributed by atoms with Crippen LogP contribution in [0.2, 0.25) is 5.02 Å². The van der Waals surface area contributed by atoms with E-state index in [9.17, 15) is 4.79 Å². The zero-order valence-corrected chi connectivity index (χ0v) is 15.1. The minimum Gasteiger partial charge on any atom is -0.494 e. The molecule has 1 amide bonds. The average molecular weight is 372 g/mol. The maximum Gasteiger partial charge on any atom is 0.254 e. The molecule has 6 nitrogen and oxygen atoms in total. The van der Waals surface area contributed by atoms with Crippen LogP contribution in [0.5, 0.6) is 5.75 Å². The van der Waals surface area contributed by atoms with Crippen molar-refractivity contribution in [3.63, 3.8) is 0 Å². The van der Waals surface area contributed by atoms with Crippen molar-refractivity contribution in [3.05, 3.63) is 53.3 Å². The van der Waals surface area contributed by atoms with Crippen LogP contribution in [-0.2, 0) is 4.74 Å². The summed E-state index contributed by atoms with van der Waals surface area (Å²) in [6.07, 6.45) is 3.48. The Kier molecular flexibility index (Phi) is 4.53. The Bertz CT molecular complexity index is 947. The molecule has 3 aromatic rings. The van der Waals surface area contributed by atoms with Gasteiger partial charge in [-0.2, -0.15) is 5.10 Å². The van der Waals surface area contributed by atoms with Gasteiger partial charge in [0.1, 0.15) is 11.3 Å². The number of halogens is 1. The molecule has 1 aliphatic heterocycles. The van der Waals surface area contributed by atoms with Crippen LogP contribution in [0.4, 0.5) is 0 Å². The molecular weight excluding hydrogens is 354 g/mol. The highest BCUT2D eigenvalue weighted by Gasteiger charge is 2.18. The molecule has 1 aliphatic rings. The Hall–Kier alpha value is -2.57. The van der Waals surface area contributed by atoms with Gasteiger partial charge in [0, 0.05) is 30.4 Å². The molecule has 4 rings (SSSR count). The zero-order valence-electron chi connectivity index (χ0n) is 14.3. The number of fused-ring (bicyclic) bond motifs is 1. The molecule has 1 fully saturated rings. The minimum atomic E-state index is 0.0340. The first kappa shape index (κ1) is 16.9. The van der Waals surface area contributed by atoms with Crippen LogP contribution in [0.25, 0.3) is 16.6 Å². The third-order valence-corrected chi connectivity index (χ3v) is 4.79. The molecule has 0 atom stereocenters. The first-order valence-electron chi connectivity index (χ1n) is 8.35. The van der Waals surface area contributed by atoms with E-state index < -0.39 is 0 Å². The summed E-state index contributed by atoms with van der Waals surface area (Å²) in [6.45, 7) is 2.45. The third kappa shape index (κ3) is 3.02. The lowest BCUT2D eigenvalue weighted by Gasteiger charge is -2.26. The molecular formula is C19H18ClN3O3. The quantitative estimate of drug-likeness (QED) is 0.709. The fourth-order valence-electron chi connectivity index (χ4n) is 3.12. The SMILES string of the molecule is COc1cc(-c2ccc(C(=O)N3CCOCC3)cc2)cn2ncc(Cl)c12. The van der Waals surface area contributed by atoms with Crippen molar-refractivity contribution in [2.75, 3.05) is 33.4 Å². The van der Waals surface area contributed by atoms with E-state index in [1.165, 1.54) is 0 Å². The maximum absolute atomic E-state index is 12.5. The van der Waals surface area contributed by atoms with Crippen LogP contribution in [0.1, 0.15) is 10.4 Å². The molecule has 2 aromatic heterocycles. The smallest absolute Gasteiger partial charge is 0.254 e. The molecule has 1 saturated heterocycles. The molecule has 7 heteroatoms. The van der Waals surface area contributed by atoms with Crippen LogP contribution in [0.3, 0.4) is 0 Å². The van der Waals surface area contributed by atoms with E-state index in [-0.39, 0.29) is 5.91 Å². The first-order valence-corrected chi connectivity index (χ1v) is 8.73. The number of hydrogen-bond donors (Lipinski definition) is 0. The van der Waals surface area contributed by atoms with Gasteiger partial charge in [0.05, 0.1) is 31.5 Å². The highest BCUT2D eigenvalue weighted by Crippen LogP contribution is 2.32. The Morgan fingerprint density at radius 3 is 2.62 bits per heavy atom. The molecule has 1 aromatic carbocycles. The van der Waals surface area contributed by atoms with Gasteiger partial charge in [-0.05, 0) is 23.8 Å². The highest BCUT2D eigenvalue weighted by molar-refractivity contribution is 6.34. The molecule has 0 N–H and O–H groups in total. The van der Waals surface area contributed by atoms with Crippen molar-refractivity contribution in [1.82, 2.24) is 14.5 Å². The van der Waals surface area contributed by atoms with E-state index in [2.05, 4.69) is 5.10 Å². The van der Waals surface area contributed by atoms with Gasteiger partial charge in [-0.15, -0.1) is 0 Å². The number of benzene rings is 1. The number of amides is 1. The lowest BCUT2D eigenvalue weighted by atomic mass is 10.0. The number of morpholine rings is 1. The molecule has 3 heterocycles. The number of methoxy groups -OCH3 is 1. The normalized spacial score (nSPS) is 14.6. The Balaban J connectivity index is 1.64. The summed E-state index contributed by atoms with van der Waals surface area (Å²) < 4.78 is 12.4. The minimum absolute atomic E-state index is 0.0340. The lowest BCUT2D eigenvalue weighted by Crippen LogP contribution is -2.40. The van der Waals surface area contributed by atoms with Gasteiger partial charge >= 0.3 is 0 Å². The van der Waals surface area contributed by atoms with Crippen LogP contribution in [-0.4, -0.2) is 53.8 Å². The molecule has 0 saturated carbocycles. The maximum atomic E-state index is 12.5. The number of aromatic nitrogens is 2. The average Bonchev–Trinajstić information content (AvgIpc) is 3.08. The highest BCUT2D eigenvalue weighted by atomic mass is 35.5. The van der Waals surface area contributed by atoms with Gasteiger partial charge in [-0.25, -0.2) is 4.52 Å². The number of hydrogen-bond acceptors (Lipinski definition) is 4. The molecule has 0 spiro atoms. The number of pyridine rings is 1. The van der Waals surface area contributed by atoms with E-state index >= 15 is 0 Å². The Labute approximate surface area is 155 Å². The topological polar surface area (TPSA) is 56.1 Å². The zero-order chi connectivity index (χ0) is 18.1. The lowest BCUT2D eigenvalue weighted by molar-refractivity contribution is 0.0303. The summed E-state index contributed by atoms with van der Waals surface area (Å²) in [5.74, 6) is 0.685. The monoisotopic (exact) mass is 371 g/mol. The van der Waals surface area contributed by atoms with E-state index in [1.807, 2.05) is 41.4 Å². The number of carbonyl (C=O) groups excluding carboxylic acids is 1. The molecule has 26 heavy (non-hydrogen) atoms. The third-order valence-electron chi connectivity index (χ3n) is 4.52. The summed E-state index contributed by atoms with van der Waals surface area (Å²) in [5, 5.41) is 4.79. The van der Waals surface area contributed by atoms with Crippen molar-refractivity contribution in [2.45, 2.75) is 0 Å². The summed E-state index contributed by atoms with van der Waals surface area (Å²) in [6, 6.07) is 9.47. The number of ether oxygens (including phenoxy) is 2. The Morgan fingerprint density at radius 2 is 1.92 bits per heavy atom. The summed E-state index contributed by atoms with van der Waals surface area (Å²) in [4.78, 5) is 14.4. The van der Waals surface area contributed by atoms with E-state index in [4.69, 9.17) is 21.1 Å². The van der Waals surface area contributed by atoms with Gasteiger partial charge in [0.2, 0.25) is 0 Å². The van der Waals surface area contributed by atoms with E-state index in [0.29, 0.717) is 42.6 Å². The fraction of sp³-hybridized carbons (Fsp3) is 0.263. The molecule has 0 radical (unpaired) electrons. The van der Waals surface area contributed by atoms with Gasteiger partial charge in [0.25, 0.3) is 5.91 Å². The van der Waals surface area contributed by atoms with Crippen molar-refractivity contribution in [1.29, 1.82) is 0 Å². The van der Waals surface area contributed by atoms with E-state index in [1.54, 1.807) is 17.8 Å². The largest absolute Gasteiger partial charge is 0.494 e. The summed E-state index contributed by atoms with van der Waals surface area (Å²) in [5.41, 5.74) is 3.30. The van der Waals surface area contributed by atoms with Crippen LogP contribution < -0.4 is 4.74 Å². The number of nitrogens with zero attached hydrogens (tertiary/aromatic N) is 3. The van der Waals surface area contributed by atoms with Gasteiger partial charge in [-0.1, -0.05) is 23.7 Å². The second-order valence-corrected chi connectivity index (χ2v) is 6.47. The van der Waals surface area contributed by atoms with Crippen LogP contribution in [0, 0.1) is 0 Å². The second kappa shape index (κ2) is 6.97. The summed E-state index contributed by atoms with van der Waals surface area (Å²) in [7, 11) is 1.60. The van der Waals surface area contributed by atoms with E-state index in [0.717, 1.165) is 16.6 Å².